The van der Waals surface area contributed by atoms with Gasteiger partial charge in [0.2, 0.25) is 0 Å². The van der Waals surface area contributed by atoms with Gasteiger partial charge in [-0.15, -0.1) is 11.3 Å². The van der Waals surface area contributed by atoms with Gasteiger partial charge in [-0.3, -0.25) is 24.2 Å². The van der Waals surface area contributed by atoms with Gasteiger partial charge >= 0.3 is 18.0 Å². The first-order valence-corrected chi connectivity index (χ1v) is 21.2. The number of esters is 2. The number of pyridine rings is 1. The molecule has 3 aliphatic rings. The standard InChI is InChI=1S/C44H59N3O11S/c1-12-34-44(9)38(46-42(52)58-44)26(4)35(49)24(2)23-43(8,53-21-15-16-30-18-19-33(59-30)31-17-13-14-20-45-31)39(27(5)36(50)28(6)40(51)56-34)57-41-37(55-29(7)48)32(47(10)11)22-25(3)54-41/h13-14,17-20,24-28,32,34,37-39,41H,12,21-23H2,1-11H3,(H,46,52)/t24-,25-,26+,27+,28-,32+,34-,37-,38-,39-,41+,43+,44-/m1/s1. The Hall–Kier alpha value is -4.20. The molecule has 322 valence electrons. The van der Waals surface area contributed by atoms with Crippen LogP contribution in [0.4, 0.5) is 4.79 Å². The number of carbonyl (C=O) groups excluding carboxylic acids is 5. The van der Waals surface area contributed by atoms with Crippen LogP contribution >= 0.6 is 11.3 Å². The molecule has 1 N–H and O–H groups in total. The van der Waals surface area contributed by atoms with Crippen molar-refractivity contribution in [2.24, 2.45) is 23.7 Å². The molecule has 13 atom stereocenters. The van der Waals surface area contributed by atoms with Crippen LogP contribution in [-0.2, 0) is 47.6 Å². The summed E-state index contributed by atoms with van der Waals surface area (Å²) in [6, 6.07) is 8.38. The first kappa shape index (κ1) is 45.9. The Labute approximate surface area is 351 Å². The fourth-order valence-electron chi connectivity index (χ4n) is 8.80. The number of carbonyl (C=O) groups is 5. The maximum atomic E-state index is 14.6. The Morgan fingerprint density at radius 3 is 2.41 bits per heavy atom. The minimum atomic E-state index is -1.44. The van der Waals surface area contributed by atoms with Crippen molar-refractivity contribution in [3.05, 3.63) is 41.4 Å². The minimum absolute atomic E-state index is 0.0366. The molecule has 0 radical (unpaired) electrons. The summed E-state index contributed by atoms with van der Waals surface area (Å²) < 4.78 is 37.6. The number of fused-ring (bicyclic) bond motifs is 1. The highest BCUT2D eigenvalue weighted by Gasteiger charge is 2.57. The van der Waals surface area contributed by atoms with Crippen molar-refractivity contribution >= 4 is 40.9 Å². The van der Waals surface area contributed by atoms with Gasteiger partial charge in [0, 0.05) is 30.9 Å². The topological polar surface area (TPSA) is 169 Å². The van der Waals surface area contributed by atoms with E-state index in [1.165, 1.54) is 25.2 Å². The largest absolute Gasteiger partial charge is 0.458 e. The zero-order valence-electron chi connectivity index (χ0n) is 35.9. The number of nitrogens with zero attached hydrogens (tertiary/aromatic N) is 2. The monoisotopic (exact) mass is 837 g/mol. The number of amides is 1. The average molecular weight is 838 g/mol. The van der Waals surface area contributed by atoms with E-state index in [9.17, 15) is 24.0 Å². The normalized spacial score (nSPS) is 35.7. The molecule has 15 heteroatoms. The van der Waals surface area contributed by atoms with Crippen molar-refractivity contribution in [3.8, 4) is 22.4 Å². The van der Waals surface area contributed by atoms with E-state index >= 15 is 0 Å². The van der Waals surface area contributed by atoms with Gasteiger partial charge < -0.3 is 38.6 Å². The molecule has 14 nitrogen and oxygen atoms in total. The highest BCUT2D eigenvalue weighted by Crippen LogP contribution is 2.41. The lowest BCUT2D eigenvalue weighted by molar-refractivity contribution is -0.299. The van der Waals surface area contributed by atoms with Crippen molar-refractivity contribution in [2.75, 3.05) is 20.7 Å². The zero-order chi connectivity index (χ0) is 43.4. The van der Waals surface area contributed by atoms with E-state index in [1.54, 1.807) is 47.7 Å². The summed E-state index contributed by atoms with van der Waals surface area (Å²) in [7, 11) is 3.74. The Bertz CT molecular complexity index is 1910. The summed E-state index contributed by atoms with van der Waals surface area (Å²) >= 11 is 1.48. The molecule has 0 aromatic carbocycles. The highest BCUT2D eigenvalue weighted by molar-refractivity contribution is 7.16. The fraction of sp³-hybridized carbons (Fsp3) is 0.636. The molecular weight excluding hydrogens is 779 g/mol. The predicted molar refractivity (Wildman–Crippen MR) is 219 cm³/mol. The van der Waals surface area contributed by atoms with E-state index in [1.807, 2.05) is 56.3 Å². The summed E-state index contributed by atoms with van der Waals surface area (Å²) in [6.45, 7) is 14.8. The van der Waals surface area contributed by atoms with Crippen LogP contribution in [0.25, 0.3) is 10.6 Å². The molecule has 0 saturated carbocycles. The Morgan fingerprint density at radius 2 is 1.76 bits per heavy atom. The van der Waals surface area contributed by atoms with Crippen molar-refractivity contribution in [2.45, 2.75) is 136 Å². The molecule has 0 aliphatic carbocycles. The van der Waals surface area contributed by atoms with Crippen molar-refractivity contribution in [1.82, 2.24) is 15.2 Å². The average Bonchev–Trinajstić information content (AvgIpc) is 3.80. The number of ether oxygens (including phenoxy) is 6. The predicted octanol–water partition coefficient (Wildman–Crippen LogP) is 5.59. The van der Waals surface area contributed by atoms with Gasteiger partial charge in [0.1, 0.15) is 24.4 Å². The molecular formula is C44H59N3O11S. The molecule has 0 spiro atoms. The van der Waals surface area contributed by atoms with Gasteiger partial charge in [0.25, 0.3) is 0 Å². The summed E-state index contributed by atoms with van der Waals surface area (Å²) in [6.07, 6.45) is -2.73. The van der Waals surface area contributed by atoms with Crippen LogP contribution in [0.15, 0.2) is 36.5 Å². The summed E-state index contributed by atoms with van der Waals surface area (Å²) in [5.74, 6) is 0.344. The maximum Gasteiger partial charge on any atom is 0.408 e. The quantitative estimate of drug-likeness (QED) is 0.151. The second-order valence-electron chi connectivity index (χ2n) is 16.7. The molecule has 0 bridgehead atoms. The fourth-order valence-corrected chi connectivity index (χ4v) is 9.66. The lowest BCUT2D eigenvalue weighted by Gasteiger charge is -2.47. The number of alkyl carbamates (subject to hydrolysis) is 1. The molecule has 3 fully saturated rings. The maximum absolute atomic E-state index is 14.6. The number of Topliss-reactive ketones (excluding diaryl/α,β-unsaturated/α-hetero) is 2. The zero-order valence-corrected chi connectivity index (χ0v) is 36.8. The van der Waals surface area contributed by atoms with Crippen LogP contribution in [0.2, 0.25) is 0 Å². The van der Waals surface area contributed by atoms with Gasteiger partial charge in [0.05, 0.1) is 45.3 Å². The molecule has 59 heavy (non-hydrogen) atoms. The van der Waals surface area contributed by atoms with Crippen LogP contribution in [0, 0.1) is 35.5 Å². The number of cyclic esters (lactones) is 1. The molecule has 2 aromatic rings. The van der Waals surface area contributed by atoms with Crippen molar-refractivity contribution in [1.29, 1.82) is 0 Å². The molecule has 0 unspecified atom stereocenters. The van der Waals surface area contributed by atoms with Gasteiger partial charge in [-0.2, -0.15) is 0 Å². The molecule has 5 rings (SSSR count). The van der Waals surface area contributed by atoms with Crippen molar-refractivity contribution < 1.29 is 52.4 Å². The number of aromatic nitrogens is 1. The van der Waals surface area contributed by atoms with Crippen molar-refractivity contribution in [3.63, 3.8) is 0 Å². The van der Waals surface area contributed by atoms with E-state index in [2.05, 4.69) is 22.1 Å². The molecule has 3 aliphatic heterocycles. The highest BCUT2D eigenvalue weighted by atomic mass is 32.1. The number of likely N-dealkylation sites (N-methyl/N-ethyl adjacent to an activating group) is 1. The lowest BCUT2D eigenvalue weighted by Crippen LogP contribution is -2.61. The third-order valence-electron chi connectivity index (χ3n) is 11.9. The van der Waals surface area contributed by atoms with E-state index in [0.717, 1.165) is 15.4 Å². The van der Waals surface area contributed by atoms with Crippen LogP contribution < -0.4 is 5.32 Å². The number of hydrogen-bond acceptors (Lipinski definition) is 14. The number of hydrogen-bond donors (Lipinski definition) is 1. The molecule has 5 heterocycles. The van der Waals surface area contributed by atoms with E-state index in [4.69, 9.17) is 28.4 Å². The van der Waals surface area contributed by atoms with Crippen LogP contribution in [-0.4, -0.2) is 114 Å². The first-order valence-electron chi connectivity index (χ1n) is 20.4. The van der Waals surface area contributed by atoms with Gasteiger partial charge in [0.15, 0.2) is 23.8 Å². The SMILES string of the molecule is CC[C@H]1OC(=O)[C@H](C)C(=O)[C@H](C)[C@@H](O[C@@H]2O[C@H](C)C[C@H](N(C)C)[C@H]2OC(C)=O)[C@@](C)(OCC#Cc2ccc(-c3ccccn3)s2)C[C@@H](C)C(=O)[C@H](C)[C@H]2NC(=O)O[C@@]21C. The van der Waals surface area contributed by atoms with Gasteiger partial charge in [-0.25, -0.2) is 4.79 Å². The number of nitrogens with one attached hydrogen (secondary N) is 1. The third-order valence-corrected chi connectivity index (χ3v) is 13.0. The molecule has 2 aromatic heterocycles. The number of thiophene rings is 1. The Morgan fingerprint density at radius 1 is 1.03 bits per heavy atom. The van der Waals surface area contributed by atoms with Crippen LogP contribution in [0.3, 0.4) is 0 Å². The first-order chi connectivity index (χ1) is 27.8. The second-order valence-corrected chi connectivity index (χ2v) is 17.8. The second kappa shape index (κ2) is 19.0. The molecule has 1 amide bonds. The van der Waals surface area contributed by atoms with E-state index < -0.39 is 89.3 Å². The third kappa shape index (κ3) is 10.2. The van der Waals surface area contributed by atoms with Gasteiger partial charge in [-0.1, -0.05) is 45.6 Å². The number of ketones is 2. The Kier molecular flexibility index (Phi) is 14.8. The number of rotatable bonds is 8. The minimum Gasteiger partial charge on any atom is -0.458 e. The van der Waals surface area contributed by atoms with Crippen LogP contribution in [0.1, 0.15) is 86.5 Å². The van der Waals surface area contributed by atoms with E-state index in [-0.39, 0.29) is 37.4 Å². The molecule has 3 saturated heterocycles. The van der Waals surface area contributed by atoms with Gasteiger partial charge in [-0.05, 0) is 85.3 Å². The van der Waals surface area contributed by atoms with Crippen LogP contribution in [0.5, 0.6) is 0 Å². The summed E-state index contributed by atoms with van der Waals surface area (Å²) in [4.78, 5) is 76.4. The Balaban J connectivity index is 1.58. The lowest BCUT2D eigenvalue weighted by atomic mass is 9.73. The van der Waals surface area contributed by atoms with E-state index in [0.29, 0.717) is 6.42 Å². The smallest absolute Gasteiger partial charge is 0.408 e. The summed E-state index contributed by atoms with van der Waals surface area (Å²) in [5.41, 5.74) is -2.02. The summed E-state index contributed by atoms with van der Waals surface area (Å²) in [5, 5.41) is 2.79.